The average Bonchev–Trinajstić information content (AvgIpc) is 1.97. The highest BCUT2D eigenvalue weighted by atomic mass is 16.1. The molecule has 0 saturated heterocycles. The summed E-state index contributed by atoms with van der Waals surface area (Å²) in [5.41, 5.74) is -0.332. The lowest BCUT2D eigenvalue weighted by molar-refractivity contribution is -0.128. The van der Waals surface area contributed by atoms with Gasteiger partial charge in [-0.25, -0.2) is 0 Å². The van der Waals surface area contributed by atoms with Gasteiger partial charge in [0.25, 0.3) is 0 Å². The Morgan fingerprint density at radius 1 is 1.25 bits per heavy atom. The molecule has 12 heavy (non-hydrogen) atoms. The number of carbonyl (C=O) groups excluding carboxylic acids is 2. The second-order valence-electron chi connectivity index (χ2n) is 3.84. The molecule has 0 fully saturated rings. The molecule has 0 aliphatic rings. The molecule has 0 bridgehead atoms. The van der Waals surface area contributed by atoms with E-state index in [4.69, 9.17) is 0 Å². The Hall–Kier alpha value is -0.920. The molecule has 0 saturated carbocycles. The van der Waals surface area contributed by atoms with Crippen molar-refractivity contribution in [2.75, 3.05) is 0 Å². The largest absolute Gasteiger partial charge is 0.299 e. The van der Waals surface area contributed by atoms with Crippen LogP contribution in [0.25, 0.3) is 0 Å². The first-order valence-electron chi connectivity index (χ1n) is 4.06. The Morgan fingerprint density at radius 2 is 1.75 bits per heavy atom. The highest BCUT2D eigenvalue weighted by Gasteiger charge is 2.20. The van der Waals surface area contributed by atoms with Crippen molar-refractivity contribution < 1.29 is 9.59 Å². The lowest BCUT2D eigenvalue weighted by Gasteiger charge is -2.15. The van der Waals surface area contributed by atoms with Gasteiger partial charge in [-0.1, -0.05) is 27.4 Å². The SMILES string of the molecule is C=CC(=O)CCC(=O)C(C)(C)C. The highest BCUT2D eigenvalue weighted by Crippen LogP contribution is 2.17. The van der Waals surface area contributed by atoms with Gasteiger partial charge in [0.1, 0.15) is 5.78 Å². The van der Waals surface area contributed by atoms with E-state index in [2.05, 4.69) is 6.58 Å². The van der Waals surface area contributed by atoms with Crippen LogP contribution in [0.3, 0.4) is 0 Å². The molecule has 2 nitrogen and oxygen atoms in total. The Morgan fingerprint density at radius 3 is 2.08 bits per heavy atom. The van der Waals surface area contributed by atoms with E-state index in [0.717, 1.165) is 0 Å². The molecule has 0 aromatic heterocycles. The van der Waals surface area contributed by atoms with Crippen molar-refractivity contribution in [2.45, 2.75) is 33.6 Å². The van der Waals surface area contributed by atoms with Gasteiger partial charge in [0.2, 0.25) is 0 Å². The predicted octanol–water partition coefficient (Wildman–Crippen LogP) is 2.14. The first-order chi connectivity index (χ1) is 5.38. The summed E-state index contributed by atoms with van der Waals surface area (Å²) in [7, 11) is 0. The number of Topliss-reactive ketones (excluding diaryl/α,β-unsaturated/α-hetero) is 1. The van der Waals surface area contributed by atoms with E-state index >= 15 is 0 Å². The molecule has 0 N–H and O–H groups in total. The second kappa shape index (κ2) is 4.19. The lowest BCUT2D eigenvalue weighted by atomic mass is 9.88. The van der Waals surface area contributed by atoms with E-state index in [1.54, 1.807) is 0 Å². The van der Waals surface area contributed by atoms with Crippen LogP contribution in [0, 0.1) is 5.41 Å². The molecule has 0 heterocycles. The first-order valence-corrected chi connectivity index (χ1v) is 4.06. The third-order valence-electron chi connectivity index (χ3n) is 1.66. The van der Waals surface area contributed by atoms with Gasteiger partial charge in [0, 0.05) is 18.3 Å². The number of rotatable bonds is 4. The minimum Gasteiger partial charge on any atom is -0.299 e. The van der Waals surface area contributed by atoms with Crippen LogP contribution in [0.2, 0.25) is 0 Å². The van der Waals surface area contributed by atoms with Gasteiger partial charge in [-0.15, -0.1) is 0 Å². The van der Waals surface area contributed by atoms with E-state index < -0.39 is 0 Å². The van der Waals surface area contributed by atoms with Crippen molar-refractivity contribution in [3.63, 3.8) is 0 Å². The van der Waals surface area contributed by atoms with Crippen LogP contribution in [0.1, 0.15) is 33.6 Å². The molecule has 0 radical (unpaired) electrons. The fourth-order valence-electron chi connectivity index (χ4n) is 0.714. The smallest absolute Gasteiger partial charge is 0.155 e. The van der Waals surface area contributed by atoms with Gasteiger partial charge in [-0.2, -0.15) is 0 Å². The van der Waals surface area contributed by atoms with Gasteiger partial charge in [-0.3, -0.25) is 9.59 Å². The van der Waals surface area contributed by atoms with Gasteiger partial charge in [-0.05, 0) is 6.08 Å². The molecule has 0 rings (SSSR count). The molecular formula is C10H16O2. The van der Waals surface area contributed by atoms with Crippen molar-refractivity contribution in [1.82, 2.24) is 0 Å². The molecule has 0 atom stereocenters. The van der Waals surface area contributed by atoms with Crippen LogP contribution in [0.15, 0.2) is 12.7 Å². The van der Waals surface area contributed by atoms with Crippen LogP contribution in [0.4, 0.5) is 0 Å². The third kappa shape index (κ3) is 4.06. The van der Waals surface area contributed by atoms with E-state index in [0.29, 0.717) is 12.8 Å². The molecule has 0 spiro atoms. The zero-order valence-corrected chi connectivity index (χ0v) is 8.02. The summed E-state index contributed by atoms with van der Waals surface area (Å²) in [6.45, 7) is 8.90. The van der Waals surface area contributed by atoms with E-state index in [-0.39, 0.29) is 17.0 Å². The summed E-state index contributed by atoms with van der Waals surface area (Å²) in [6.07, 6.45) is 1.88. The van der Waals surface area contributed by atoms with Crippen molar-refractivity contribution in [1.29, 1.82) is 0 Å². The van der Waals surface area contributed by atoms with Gasteiger partial charge >= 0.3 is 0 Å². The van der Waals surface area contributed by atoms with Crippen LogP contribution in [-0.2, 0) is 9.59 Å². The third-order valence-corrected chi connectivity index (χ3v) is 1.66. The van der Waals surface area contributed by atoms with Crippen LogP contribution in [0.5, 0.6) is 0 Å². The molecule has 0 amide bonds. The minimum absolute atomic E-state index is 0.0624. The second-order valence-corrected chi connectivity index (χ2v) is 3.84. The Labute approximate surface area is 73.7 Å². The Kier molecular flexibility index (Phi) is 3.87. The zero-order chi connectivity index (χ0) is 9.78. The van der Waals surface area contributed by atoms with Crippen molar-refractivity contribution in [3.05, 3.63) is 12.7 Å². The van der Waals surface area contributed by atoms with Crippen molar-refractivity contribution in [3.8, 4) is 0 Å². The molecule has 0 aromatic rings. The number of hydrogen-bond donors (Lipinski definition) is 0. The van der Waals surface area contributed by atoms with Crippen LogP contribution in [-0.4, -0.2) is 11.6 Å². The van der Waals surface area contributed by atoms with E-state index in [1.807, 2.05) is 20.8 Å². The summed E-state index contributed by atoms with van der Waals surface area (Å²) >= 11 is 0. The fourth-order valence-corrected chi connectivity index (χ4v) is 0.714. The molecule has 68 valence electrons. The normalized spacial score (nSPS) is 10.9. The molecule has 0 unspecified atom stereocenters. The highest BCUT2D eigenvalue weighted by molar-refractivity contribution is 5.93. The van der Waals surface area contributed by atoms with Crippen molar-refractivity contribution >= 4 is 11.6 Å². The van der Waals surface area contributed by atoms with Gasteiger partial charge in [0.05, 0.1) is 0 Å². The lowest BCUT2D eigenvalue weighted by Crippen LogP contribution is -2.20. The monoisotopic (exact) mass is 168 g/mol. The number of carbonyl (C=O) groups is 2. The predicted molar refractivity (Wildman–Crippen MR) is 48.9 cm³/mol. The summed E-state index contributed by atoms with van der Waals surface area (Å²) in [6, 6.07) is 0. The maximum Gasteiger partial charge on any atom is 0.155 e. The zero-order valence-electron chi connectivity index (χ0n) is 8.02. The molecule has 2 heteroatoms. The van der Waals surface area contributed by atoms with Crippen LogP contribution < -0.4 is 0 Å². The molecule has 0 aromatic carbocycles. The molecular weight excluding hydrogens is 152 g/mol. The summed E-state index contributed by atoms with van der Waals surface area (Å²) < 4.78 is 0. The van der Waals surface area contributed by atoms with Crippen molar-refractivity contribution in [2.24, 2.45) is 5.41 Å². The quantitative estimate of drug-likeness (QED) is 0.603. The summed E-state index contributed by atoms with van der Waals surface area (Å²) in [4.78, 5) is 22.1. The van der Waals surface area contributed by atoms with Gasteiger partial charge < -0.3 is 0 Å². The van der Waals surface area contributed by atoms with E-state index in [1.165, 1.54) is 6.08 Å². The minimum atomic E-state index is -0.332. The molecule has 0 aliphatic heterocycles. The van der Waals surface area contributed by atoms with Gasteiger partial charge in [0.15, 0.2) is 5.78 Å². The fraction of sp³-hybridized carbons (Fsp3) is 0.600. The Bertz CT molecular complexity index is 196. The average molecular weight is 168 g/mol. The summed E-state index contributed by atoms with van der Waals surface area (Å²) in [5.74, 6) is 0.0605. The number of hydrogen-bond acceptors (Lipinski definition) is 2. The Balaban J connectivity index is 3.88. The maximum absolute atomic E-state index is 11.3. The first kappa shape index (κ1) is 11.1. The molecule has 0 aliphatic carbocycles. The standard InChI is InChI=1S/C10H16O2/c1-5-8(11)6-7-9(12)10(2,3)4/h5H,1,6-7H2,2-4H3. The number of allylic oxidation sites excluding steroid dienone is 1. The topological polar surface area (TPSA) is 34.1 Å². The van der Waals surface area contributed by atoms with Crippen LogP contribution >= 0.6 is 0 Å². The summed E-state index contributed by atoms with van der Waals surface area (Å²) in [5, 5.41) is 0. The maximum atomic E-state index is 11.3. The number of ketones is 2. The van der Waals surface area contributed by atoms with E-state index in [9.17, 15) is 9.59 Å².